The number of fused-ring (bicyclic) bond motifs is 1. The largest absolute Gasteiger partial charge is 0.484 e. The molecule has 136 valence electrons. The average Bonchev–Trinajstić information content (AvgIpc) is 2.66. The van der Waals surface area contributed by atoms with Crippen LogP contribution in [0.2, 0.25) is 0 Å². The fourth-order valence-electron chi connectivity index (χ4n) is 3.81. The van der Waals surface area contributed by atoms with E-state index in [1.54, 1.807) is 6.08 Å². The molecule has 2 aliphatic rings. The molecule has 2 heterocycles. The van der Waals surface area contributed by atoms with Crippen molar-refractivity contribution in [2.24, 2.45) is 5.41 Å². The molecule has 2 atom stereocenters. The van der Waals surface area contributed by atoms with Crippen LogP contribution < -0.4 is 4.74 Å². The highest BCUT2D eigenvalue weighted by molar-refractivity contribution is 5.78. The molecule has 2 saturated heterocycles. The van der Waals surface area contributed by atoms with Crippen molar-refractivity contribution in [3.63, 3.8) is 0 Å². The van der Waals surface area contributed by atoms with E-state index in [9.17, 15) is 4.79 Å². The van der Waals surface area contributed by atoms with Crippen molar-refractivity contribution in [1.29, 1.82) is 0 Å². The van der Waals surface area contributed by atoms with Gasteiger partial charge in [-0.15, -0.1) is 6.58 Å². The Bertz CT molecular complexity index is 576. The lowest BCUT2D eigenvalue weighted by Crippen LogP contribution is -2.58. The standard InChI is InChI=1S/C20H27NO4/c1-2-12-23-16-20-10-6-13-24-18(20)9-11-21(15-20)19(22)14-25-17-7-4-3-5-8-17/h2-5,7-8,18H,1,6,9-16H2. The Hall–Kier alpha value is -1.85. The number of ether oxygens (including phenoxy) is 3. The van der Waals surface area contributed by atoms with Gasteiger partial charge in [-0.2, -0.15) is 0 Å². The maximum absolute atomic E-state index is 12.6. The van der Waals surface area contributed by atoms with E-state index in [0.29, 0.717) is 26.3 Å². The zero-order valence-corrected chi connectivity index (χ0v) is 14.7. The molecule has 5 nitrogen and oxygen atoms in total. The lowest BCUT2D eigenvalue weighted by Gasteiger charge is -2.50. The van der Waals surface area contributed by atoms with Gasteiger partial charge in [0.25, 0.3) is 5.91 Å². The molecule has 0 aliphatic carbocycles. The topological polar surface area (TPSA) is 48.0 Å². The van der Waals surface area contributed by atoms with Gasteiger partial charge in [-0.25, -0.2) is 0 Å². The number of rotatable bonds is 7. The second-order valence-corrected chi connectivity index (χ2v) is 6.83. The maximum Gasteiger partial charge on any atom is 0.260 e. The summed E-state index contributed by atoms with van der Waals surface area (Å²) in [6, 6.07) is 9.45. The van der Waals surface area contributed by atoms with Crippen LogP contribution in [0.25, 0.3) is 0 Å². The number of piperidine rings is 1. The van der Waals surface area contributed by atoms with Gasteiger partial charge < -0.3 is 19.1 Å². The van der Waals surface area contributed by atoms with Gasteiger partial charge in [-0.05, 0) is 31.4 Å². The van der Waals surface area contributed by atoms with Crippen LogP contribution in [0, 0.1) is 5.41 Å². The minimum Gasteiger partial charge on any atom is -0.484 e. The molecule has 1 amide bonds. The predicted octanol–water partition coefficient (Wildman–Crippen LogP) is 2.67. The first kappa shape index (κ1) is 18.0. The van der Waals surface area contributed by atoms with Crippen molar-refractivity contribution >= 4 is 5.91 Å². The van der Waals surface area contributed by atoms with E-state index in [1.807, 2.05) is 35.2 Å². The van der Waals surface area contributed by atoms with Crippen molar-refractivity contribution in [2.45, 2.75) is 25.4 Å². The summed E-state index contributed by atoms with van der Waals surface area (Å²) in [5, 5.41) is 0. The molecule has 2 fully saturated rings. The van der Waals surface area contributed by atoms with Crippen LogP contribution in [0.5, 0.6) is 5.75 Å². The average molecular weight is 345 g/mol. The molecule has 0 bridgehead atoms. The van der Waals surface area contributed by atoms with Crippen molar-refractivity contribution in [2.75, 3.05) is 39.5 Å². The van der Waals surface area contributed by atoms with Crippen LogP contribution in [0.4, 0.5) is 0 Å². The Morgan fingerprint density at radius 3 is 3.04 bits per heavy atom. The molecular weight excluding hydrogens is 318 g/mol. The number of benzene rings is 1. The summed E-state index contributed by atoms with van der Waals surface area (Å²) >= 11 is 0. The molecule has 25 heavy (non-hydrogen) atoms. The van der Waals surface area contributed by atoms with E-state index >= 15 is 0 Å². The second kappa shape index (κ2) is 8.50. The van der Waals surface area contributed by atoms with E-state index in [2.05, 4.69) is 6.58 Å². The Morgan fingerprint density at radius 2 is 2.24 bits per heavy atom. The highest BCUT2D eigenvalue weighted by Crippen LogP contribution is 2.40. The lowest BCUT2D eigenvalue weighted by molar-refractivity contribution is -0.164. The number of para-hydroxylation sites is 1. The minimum atomic E-state index is -0.109. The quantitative estimate of drug-likeness (QED) is 0.563. The fraction of sp³-hybridized carbons (Fsp3) is 0.550. The van der Waals surface area contributed by atoms with Gasteiger partial charge in [0.05, 0.1) is 19.3 Å². The van der Waals surface area contributed by atoms with Gasteiger partial charge in [0.15, 0.2) is 6.61 Å². The van der Waals surface area contributed by atoms with E-state index in [0.717, 1.165) is 31.6 Å². The van der Waals surface area contributed by atoms with Crippen LogP contribution in [0.15, 0.2) is 43.0 Å². The van der Waals surface area contributed by atoms with E-state index in [-0.39, 0.29) is 24.0 Å². The second-order valence-electron chi connectivity index (χ2n) is 6.83. The number of likely N-dealkylation sites (tertiary alicyclic amines) is 1. The summed E-state index contributed by atoms with van der Waals surface area (Å²) in [4.78, 5) is 14.5. The SMILES string of the molecule is C=CCOCC12CCCOC1CCN(C(=O)COc1ccccc1)C2. The van der Waals surface area contributed by atoms with Crippen LogP contribution in [-0.4, -0.2) is 56.4 Å². The number of carbonyl (C=O) groups is 1. The molecule has 0 radical (unpaired) electrons. The Labute approximate surface area is 149 Å². The predicted molar refractivity (Wildman–Crippen MR) is 95.6 cm³/mol. The van der Waals surface area contributed by atoms with E-state index < -0.39 is 0 Å². The van der Waals surface area contributed by atoms with Crippen LogP contribution in [0.1, 0.15) is 19.3 Å². The van der Waals surface area contributed by atoms with E-state index in [4.69, 9.17) is 14.2 Å². The summed E-state index contributed by atoms with van der Waals surface area (Å²) in [7, 11) is 0. The van der Waals surface area contributed by atoms with Crippen LogP contribution >= 0.6 is 0 Å². The first-order chi connectivity index (χ1) is 12.2. The molecule has 1 aromatic carbocycles. The molecular formula is C20H27NO4. The maximum atomic E-state index is 12.6. The molecule has 5 heteroatoms. The molecule has 3 rings (SSSR count). The van der Waals surface area contributed by atoms with Gasteiger partial charge in [0, 0.05) is 25.1 Å². The van der Waals surface area contributed by atoms with Gasteiger partial charge in [0.1, 0.15) is 5.75 Å². The smallest absolute Gasteiger partial charge is 0.260 e. The molecule has 0 N–H and O–H groups in total. The highest BCUT2D eigenvalue weighted by Gasteiger charge is 2.47. The summed E-state index contributed by atoms with van der Waals surface area (Å²) in [5.74, 6) is 0.742. The Balaban J connectivity index is 1.60. The summed E-state index contributed by atoms with van der Waals surface area (Å²) in [6.07, 6.45) is 4.82. The fourth-order valence-corrected chi connectivity index (χ4v) is 3.81. The van der Waals surface area contributed by atoms with Crippen LogP contribution in [0.3, 0.4) is 0 Å². The van der Waals surface area contributed by atoms with Crippen molar-refractivity contribution in [3.05, 3.63) is 43.0 Å². The first-order valence-corrected chi connectivity index (χ1v) is 8.99. The summed E-state index contributed by atoms with van der Waals surface area (Å²) in [6.45, 7) is 7.09. The van der Waals surface area contributed by atoms with Crippen molar-refractivity contribution in [3.8, 4) is 5.75 Å². The number of carbonyl (C=O) groups excluding carboxylic acids is 1. The highest BCUT2D eigenvalue weighted by atomic mass is 16.5. The number of hydrogen-bond acceptors (Lipinski definition) is 4. The molecule has 1 aromatic rings. The zero-order chi connectivity index (χ0) is 17.5. The minimum absolute atomic E-state index is 0.0240. The van der Waals surface area contributed by atoms with Gasteiger partial charge in [-0.3, -0.25) is 4.79 Å². The van der Waals surface area contributed by atoms with Crippen molar-refractivity contribution < 1.29 is 19.0 Å². The van der Waals surface area contributed by atoms with Gasteiger partial charge in [-0.1, -0.05) is 24.3 Å². The van der Waals surface area contributed by atoms with Gasteiger partial charge in [0.2, 0.25) is 0 Å². The van der Waals surface area contributed by atoms with Crippen LogP contribution in [-0.2, 0) is 14.3 Å². The molecule has 2 aliphatic heterocycles. The number of amides is 1. The zero-order valence-electron chi connectivity index (χ0n) is 14.7. The first-order valence-electron chi connectivity index (χ1n) is 8.99. The van der Waals surface area contributed by atoms with Gasteiger partial charge >= 0.3 is 0 Å². The third kappa shape index (κ3) is 4.41. The number of nitrogens with zero attached hydrogens (tertiary/aromatic N) is 1. The molecule has 0 saturated carbocycles. The van der Waals surface area contributed by atoms with Crippen molar-refractivity contribution in [1.82, 2.24) is 4.90 Å². The summed E-state index contributed by atoms with van der Waals surface area (Å²) < 4.78 is 17.4. The Morgan fingerprint density at radius 1 is 1.40 bits per heavy atom. The van der Waals surface area contributed by atoms with E-state index in [1.165, 1.54) is 0 Å². The summed E-state index contributed by atoms with van der Waals surface area (Å²) in [5.41, 5.74) is -0.109. The normalized spacial score (nSPS) is 25.9. The third-order valence-corrected chi connectivity index (χ3v) is 5.07. The lowest BCUT2D eigenvalue weighted by atomic mass is 9.73. The third-order valence-electron chi connectivity index (χ3n) is 5.07. The molecule has 2 unspecified atom stereocenters. The molecule has 0 aromatic heterocycles. The molecule has 0 spiro atoms. The number of hydrogen-bond donors (Lipinski definition) is 0. The Kier molecular flexibility index (Phi) is 6.10. The monoisotopic (exact) mass is 345 g/mol.